The molecule has 0 bridgehead atoms. The molecule has 440 valence electrons. The third-order valence-electron chi connectivity index (χ3n) is 14.0. The first-order chi connectivity index (χ1) is 37.7. The summed E-state index contributed by atoms with van der Waals surface area (Å²) in [7, 11) is 25.7. The molecule has 0 atom stereocenters. The average Bonchev–Trinajstić information content (AvgIpc) is 4.19. The quantitative estimate of drug-likeness (QED) is 0.0688. The van der Waals surface area contributed by atoms with Crippen LogP contribution < -0.4 is 0 Å². The number of unbranched alkanes of at least 4 members (excludes halogenated alkanes) is 3. The van der Waals surface area contributed by atoms with Crippen LogP contribution in [-0.4, -0.2) is 20.5 Å². The van der Waals surface area contributed by atoms with Crippen molar-refractivity contribution in [3.05, 3.63) is 178 Å². The molecule has 0 saturated heterocycles. The van der Waals surface area contributed by atoms with Crippen LogP contribution in [0.5, 0.6) is 0 Å². The van der Waals surface area contributed by atoms with E-state index in [9.17, 15) is 0 Å². The van der Waals surface area contributed by atoms with E-state index in [2.05, 4.69) is 270 Å². The minimum absolute atomic E-state index is 0.600. The minimum atomic E-state index is -0.826. The summed E-state index contributed by atoms with van der Waals surface area (Å²) in [6.07, 6.45) is 4.61. The van der Waals surface area contributed by atoms with Crippen molar-refractivity contribution in [2.45, 2.75) is 225 Å². The van der Waals surface area contributed by atoms with Gasteiger partial charge in [-0.2, -0.15) is 37.1 Å². The second-order valence-corrected chi connectivity index (χ2v) is 30.8. The van der Waals surface area contributed by atoms with Gasteiger partial charge in [0.25, 0.3) is 0 Å². The van der Waals surface area contributed by atoms with Gasteiger partial charge in [-0.25, -0.2) is 0 Å². The summed E-state index contributed by atoms with van der Waals surface area (Å²) in [5.74, 6) is 4.83. The van der Waals surface area contributed by atoms with Crippen LogP contribution in [0.3, 0.4) is 0 Å². The van der Waals surface area contributed by atoms with Gasteiger partial charge in [0.15, 0.2) is 0 Å². The van der Waals surface area contributed by atoms with E-state index >= 15 is 0 Å². The number of aryl methyl sites for hydroxylation is 4. The Morgan fingerprint density at radius 1 is 0.325 bits per heavy atom. The molecule has 0 nitrogen and oxygen atoms in total. The Labute approximate surface area is 536 Å². The van der Waals surface area contributed by atoms with Crippen molar-refractivity contribution in [1.82, 2.24) is 0 Å². The van der Waals surface area contributed by atoms with E-state index in [0.717, 1.165) is 12.8 Å². The van der Waals surface area contributed by atoms with Crippen molar-refractivity contribution < 1.29 is 41.7 Å². The second-order valence-electron chi connectivity index (χ2n) is 23.4. The fraction of sp³-hybridized carbons (Fsp3) is 0.472. The van der Waals surface area contributed by atoms with Crippen molar-refractivity contribution in [3.8, 4) is 0 Å². The number of fused-ring (bicyclic) bond motifs is 4. The van der Waals surface area contributed by atoms with Gasteiger partial charge in [-0.1, -0.05) is 233 Å². The molecule has 6 radical (unpaired) electrons. The Morgan fingerprint density at radius 3 is 0.613 bits per heavy atom. The van der Waals surface area contributed by atoms with Gasteiger partial charge in [-0.15, -0.1) is 114 Å². The first kappa shape index (κ1) is 78.7. The van der Waals surface area contributed by atoms with Crippen LogP contribution in [0.25, 0.3) is 43.1 Å². The number of hydrogen-bond donors (Lipinski definition) is 0. The molecule has 0 aromatic heterocycles. The predicted molar refractivity (Wildman–Crippen MR) is 366 cm³/mol. The van der Waals surface area contributed by atoms with E-state index in [-0.39, 0.29) is 0 Å². The number of hydrogen-bond acceptors (Lipinski definition) is 0. The zero-order chi connectivity index (χ0) is 61.7. The van der Waals surface area contributed by atoms with Gasteiger partial charge >= 0.3 is 75.7 Å². The van der Waals surface area contributed by atoms with Crippen molar-refractivity contribution in [2.75, 3.05) is 0 Å². The summed E-state index contributed by atoms with van der Waals surface area (Å²) in [6, 6.07) is 37.4. The Morgan fingerprint density at radius 2 is 0.487 bits per heavy atom. The average molecular weight is 1350 g/mol. The van der Waals surface area contributed by atoms with Gasteiger partial charge in [0, 0.05) is 20.5 Å². The van der Waals surface area contributed by atoms with E-state index in [1.165, 1.54) is 123 Å². The van der Waals surface area contributed by atoms with Crippen molar-refractivity contribution in [1.29, 1.82) is 0 Å². The SMILES string of the molecule is C[Si].C[Si].Cc1cc2c(C(C)C)cc(C(C)C)cc2[cH-]1.Cc1cc2c(C(C)C)cc(C(C)C)cc2[cH-]1.Cc1cc2c(C(C)C)cc(C(C)C)cc2[cH-]1.Cc1cc2c(C(C)C)cc(C(C)C)cc2[cH-]1.[CH2-]CCCC[CH2-].[Cl][Zr][Cl].[Cl][Zr][Cl]. The molecule has 0 heterocycles. The molecule has 0 N–H and O–H groups in total. The molecule has 0 aliphatic rings. The van der Waals surface area contributed by atoms with Crippen LogP contribution in [0.2, 0.25) is 13.1 Å². The van der Waals surface area contributed by atoms with Crippen LogP contribution in [0.15, 0.2) is 97.1 Å². The van der Waals surface area contributed by atoms with Crippen molar-refractivity contribution in [3.63, 3.8) is 0 Å². The standard InChI is InChI=1S/4C16H21.C6H12.2CH3Si.4ClH.2Zr/c4*1-10(2)13-8-14-6-12(5)7-16(14)15(9-13)11(3)4;1-3-5-6-4-2;2*1-2;;;;;;/h4*6-11H,1-5H3;1-6H2;2*1H3;4*1H;;/q4*-1;-2;;;;;;;2*+2/p-4. The van der Waals surface area contributed by atoms with Crippen LogP contribution >= 0.6 is 34.1 Å². The molecule has 0 fully saturated rings. The fourth-order valence-corrected chi connectivity index (χ4v) is 9.69. The Hall–Kier alpha value is -1.32. The van der Waals surface area contributed by atoms with E-state index in [1.54, 1.807) is 13.1 Å². The number of halogens is 4. The summed E-state index contributed by atoms with van der Waals surface area (Å²) in [4.78, 5) is 0. The van der Waals surface area contributed by atoms with Gasteiger partial charge in [-0.05, 0) is 47.3 Å². The van der Waals surface area contributed by atoms with Crippen molar-refractivity contribution in [2.24, 2.45) is 0 Å². The molecule has 0 aliphatic carbocycles. The third-order valence-corrected chi connectivity index (χ3v) is 14.0. The van der Waals surface area contributed by atoms with Crippen LogP contribution in [0.1, 0.15) is 251 Å². The van der Waals surface area contributed by atoms with Crippen LogP contribution in [0, 0.1) is 41.5 Å². The van der Waals surface area contributed by atoms with Gasteiger partial charge < -0.3 is 13.8 Å². The summed E-state index contributed by atoms with van der Waals surface area (Å²) >= 11 is -1.65. The van der Waals surface area contributed by atoms with Gasteiger partial charge in [0.1, 0.15) is 0 Å². The van der Waals surface area contributed by atoms with E-state index in [4.69, 9.17) is 34.1 Å². The summed E-state index contributed by atoms with van der Waals surface area (Å²) in [5, 5.41) is 11.4. The topological polar surface area (TPSA) is 0 Å². The number of rotatable bonds is 11. The predicted octanol–water partition coefficient (Wildman–Crippen LogP) is 25.8. The summed E-state index contributed by atoms with van der Waals surface area (Å²) in [5.41, 5.74) is 17.3. The first-order valence-electron chi connectivity index (χ1n) is 29.0. The molecular weight excluding hydrogens is 1250 g/mol. The molecule has 8 aromatic carbocycles. The molecule has 0 spiro atoms. The Kier molecular flexibility index (Phi) is 41.0. The fourth-order valence-electron chi connectivity index (χ4n) is 9.69. The zero-order valence-electron chi connectivity index (χ0n) is 53.6. The Balaban J connectivity index is 0.000000954. The van der Waals surface area contributed by atoms with Crippen molar-refractivity contribution >= 4 is 97.6 Å². The molecule has 8 heteroatoms. The van der Waals surface area contributed by atoms with Crippen LogP contribution in [-0.2, 0) is 41.7 Å². The monoisotopic (exact) mass is 1340 g/mol. The molecule has 8 aromatic rings. The number of benzene rings is 4. The van der Waals surface area contributed by atoms with Gasteiger partial charge in [0.2, 0.25) is 0 Å². The normalized spacial score (nSPS) is 10.7. The molecule has 0 unspecified atom stereocenters. The third kappa shape index (κ3) is 26.1. The zero-order valence-corrected chi connectivity index (χ0v) is 63.6. The molecule has 0 saturated carbocycles. The van der Waals surface area contributed by atoms with Gasteiger partial charge in [-0.3, -0.25) is 0 Å². The van der Waals surface area contributed by atoms with E-state index < -0.39 is 41.7 Å². The summed E-state index contributed by atoms with van der Waals surface area (Å²) < 4.78 is 0. The molecule has 0 amide bonds. The summed E-state index contributed by atoms with van der Waals surface area (Å²) in [6.45, 7) is 56.1. The Bertz CT molecular complexity index is 2530. The second kappa shape index (κ2) is 41.7. The molecular formula is C72H102Cl4Si2Zr2-6. The maximum atomic E-state index is 4.93. The van der Waals surface area contributed by atoms with Gasteiger partial charge in [0.05, 0.1) is 0 Å². The van der Waals surface area contributed by atoms with Crippen LogP contribution in [0.4, 0.5) is 0 Å². The molecule has 8 rings (SSSR count). The van der Waals surface area contributed by atoms with E-state index in [0.29, 0.717) is 47.3 Å². The molecule has 0 aliphatic heterocycles. The maximum absolute atomic E-state index is 4.93. The first-order valence-corrected chi connectivity index (χ1v) is 43.7. The molecule has 80 heavy (non-hydrogen) atoms. The van der Waals surface area contributed by atoms with E-state index in [1.807, 2.05) is 0 Å².